The van der Waals surface area contributed by atoms with Crippen molar-refractivity contribution in [2.75, 3.05) is 23.7 Å². The Morgan fingerprint density at radius 1 is 1.19 bits per heavy atom. The fraction of sp³-hybridized carbons (Fsp3) is 0.414. The van der Waals surface area contributed by atoms with Crippen molar-refractivity contribution in [1.29, 1.82) is 0 Å². The molecule has 2 amide bonds. The lowest BCUT2D eigenvalue weighted by Crippen LogP contribution is -2.42. The van der Waals surface area contributed by atoms with Gasteiger partial charge in [0, 0.05) is 22.5 Å². The second kappa shape index (κ2) is 10.9. The normalized spacial score (nSPS) is 15.9. The van der Waals surface area contributed by atoms with Crippen LogP contribution in [0.3, 0.4) is 0 Å². The third kappa shape index (κ3) is 5.73. The van der Waals surface area contributed by atoms with Crippen LogP contribution in [0.2, 0.25) is 5.02 Å². The molecule has 0 bridgehead atoms. The standard InChI is InChI=1S/C29H35ClN4O2S/c1-7-13-31-23(35)16-33-24(36)17-37-26(20-9-8-10-21(30)15-20)25-27(29(4,5)6)32-34(28(25)33)22-12-11-18(2)14-19(22)3/h8-12,14-15,26H,7,13,16-17H2,1-6H3,(H,31,35)/t26-/m1/s1. The number of hydrogen-bond acceptors (Lipinski definition) is 4. The minimum atomic E-state index is -0.311. The molecule has 1 aromatic heterocycles. The average Bonchev–Trinajstić information content (AvgIpc) is 3.15. The molecule has 8 heteroatoms. The Hall–Kier alpha value is -2.77. The Kier molecular flexibility index (Phi) is 8.05. The summed E-state index contributed by atoms with van der Waals surface area (Å²) in [5, 5.41) is 8.57. The largest absolute Gasteiger partial charge is 0.355 e. The predicted molar refractivity (Wildman–Crippen MR) is 153 cm³/mol. The number of amides is 2. The van der Waals surface area contributed by atoms with Crippen LogP contribution in [0.5, 0.6) is 0 Å². The van der Waals surface area contributed by atoms with E-state index in [1.807, 2.05) is 54.9 Å². The summed E-state index contributed by atoms with van der Waals surface area (Å²) >= 11 is 7.97. The Morgan fingerprint density at radius 3 is 2.59 bits per heavy atom. The van der Waals surface area contributed by atoms with Gasteiger partial charge in [0.05, 0.1) is 22.4 Å². The van der Waals surface area contributed by atoms with Crippen molar-refractivity contribution in [2.45, 2.75) is 58.6 Å². The smallest absolute Gasteiger partial charge is 0.240 e. The molecule has 37 heavy (non-hydrogen) atoms. The van der Waals surface area contributed by atoms with Crippen LogP contribution >= 0.6 is 23.4 Å². The highest BCUT2D eigenvalue weighted by Crippen LogP contribution is 2.48. The summed E-state index contributed by atoms with van der Waals surface area (Å²) in [6.07, 6.45) is 0.826. The molecule has 1 aliphatic heterocycles. The molecular weight excluding hydrogens is 504 g/mol. The summed E-state index contributed by atoms with van der Waals surface area (Å²) in [5.41, 5.74) is 5.63. The lowest BCUT2D eigenvalue weighted by atomic mass is 9.87. The van der Waals surface area contributed by atoms with Crippen LogP contribution in [0.4, 0.5) is 5.82 Å². The maximum atomic E-state index is 13.7. The minimum absolute atomic E-state index is 0.0607. The van der Waals surface area contributed by atoms with E-state index >= 15 is 0 Å². The molecule has 1 aliphatic rings. The van der Waals surface area contributed by atoms with Gasteiger partial charge in [0.2, 0.25) is 11.8 Å². The summed E-state index contributed by atoms with van der Waals surface area (Å²) in [4.78, 5) is 28.2. The lowest BCUT2D eigenvalue weighted by Gasteiger charge is -2.25. The van der Waals surface area contributed by atoms with Crippen molar-refractivity contribution >= 4 is 41.0 Å². The molecule has 6 nitrogen and oxygen atoms in total. The monoisotopic (exact) mass is 538 g/mol. The van der Waals surface area contributed by atoms with E-state index in [4.69, 9.17) is 16.7 Å². The molecule has 0 radical (unpaired) electrons. The van der Waals surface area contributed by atoms with Gasteiger partial charge in [0.25, 0.3) is 0 Å². The van der Waals surface area contributed by atoms with Gasteiger partial charge >= 0.3 is 0 Å². The Morgan fingerprint density at radius 2 is 1.95 bits per heavy atom. The fourth-order valence-electron chi connectivity index (χ4n) is 4.68. The molecule has 0 saturated carbocycles. The summed E-state index contributed by atoms with van der Waals surface area (Å²) < 4.78 is 1.87. The number of nitrogens with zero attached hydrogens (tertiary/aromatic N) is 3. The maximum Gasteiger partial charge on any atom is 0.240 e. The van der Waals surface area contributed by atoms with Crippen LogP contribution in [0.1, 0.15) is 67.3 Å². The highest BCUT2D eigenvalue weighted by Gasteiger charge is 2.40. The van der Waals surface area contributed by atoms with Gasteiger partial charge in [0.15, 0.2) is 0 Å². The zero-order valence-corrected chi connectivity index (χ0v) is 24.0. The molecule has 4 rings (SSSR count). The first kappa shape index (κ1) is 27.3. The van der Waals surface area contributed by atoms with Crippen molar-refractivity contribution in [1.82, 2.24) is 15.1 Å². The number of nitrogens with one attached hydrogen (secondary N) is 1. The summed E-state index contributed by atoms with van der Waals surface area (Å²) in [7, 11) is 0. The average molecular weight is 539 g/mol. The number of carbonyl (C=O) groups excluding carboxylic acids is 2. The zero-order valence-electron chi connectivity index (χ0n) is 22.4. The van der Waals surface area contributed by atoms with Crippen LogP contribution in [-0.2, 0) is 15.0 Å². The van der Waals surface area contributed by atoms with Crippen molar-refractivity contribution in [3.05, 3.63) is 75.4 Å². The van der Waals surface area contributed by atoms with Crippen LogP contribution in [0, 0.1) is 13.8 Å². The van der Waals surface area contributed by atoms with E-state index in [1.54, 1.807) is 16.7 Å². The Balaban J connectivity index is 2.03. The van der Waals surface area contributed by atoms with Gasteiger partial charge in [-0.2, -0.15) is 5.10 Å². The molecule has 196 valence electrons. The molecule has 0 saturated heterocycles. The number of aromatic nitrogens is 2. The number of fused-ring (bicyclic) bond motifs is 1. The quantitative estimate of drug-likeness (QED) is 0.409. The Bertz CT molecular complexity index is 1330. The molecule has 0 unspecified atom stereocenters. The molecule has 2 heterocycles. The lowest BCUT2D eigenvalue weighted by molar-refractivity contribution is -0.122. The number of halogens is 1. The number of carbonyl (C=O) groups is 2. The molecule has 0 spiro atoms. The first-order valence-electron chi connectivity index (χ1n) is 12.7. The second-order valence-corrected chi connectivity index (χ2v) is 12.1. The molecule has 0 fully saturated rings. The van der Waals surface area contributed by atoms with E-state index in [2.05, 4.69) is 39.1 Å². The van der Waals surface area contributed by atoms with Gasteiger partial charge in [-0.25, -0.2) is 4.68 Å². The number of hydrogen-bond donors (Lipinski definition) is 1. The highest BCUT2D eigenvalue weighted by atomic mass is 35.5. The third-order valence-corrected chi connectivity index (χ3v) is 7.90. The van der Waals surface area contributed by atoms with Crippen molar-refractivity contribution in [3.63, 3.8) is 0 Å². The van der Waals surface area contributed by atoms with Crippen LogP contribution in [-0.4, -0.2) is 40.4 Å². The van der Waals surface area contributed by atoms with Crippen molar-refractivity contribution < 1.29 is 9.59 Å². The van der Waals surface area contributed by atoms with E-state index < -0.39 is 0 Å². The molecule has 1 N–H and O–H groups in total. The van der Waals surface area contributed by atoms with Crippen LogP contribution in [0.15, 0.2) is 42.5 Å². The number of rotatable bonds is 6. The summed E-state index contributed by atoms with van der Waals surface area (Å²) in [6, 6.07) is 14.0. The Labute approximate surface area is 228 Å². The molecule has 1 atom stereocenters. The van der Waals surface area contributed by atoms with Gasteiger partial charge in [-0.15, -0.1) is 11.8 Å². The predicted octanol–water partition coefficient (Wildman–Crippen LogP) is 6.14. The SMILES string of the molecule is CCCNC(=O)CN1C(=O)CS[C@H](c2cccc(Cl)c2)c2c(C(C)(C)C)nn(-c3ccc(C)cc3C)c21. The molecule has 3 aromatic rings. The van der Waals surface area contributed by atoms with E-state index in [-0.39, 0.29) is 34.8 Å². The van der Waals surface area contributed by atoms with Gasteiger partial charge in [-0.1, -0.05) is 69.1 Å². The van der Waals surface area contributed by atoms with Gasteiger partial charge < -0.3 is 5.32 Å². The topological polar surface area (TPSA) is 67.2 Å². The zero-order chi connectivity index (χ0) is 26.9. The third-order valence-electron chi connectivity index (χ3n) is 6.41. The van der Waals surface area contributed by atoms with Gasteiger partial charge in [0.1, 0.15) is 12.4 Å². The van der Waals surface area contributed by atoms with Crippen LogP contribution in [0.25, 0.3) is 5.69 Å². The first-order chi connectivity index (χ1) is 17.5. The minimum Gasteiger partial charge on any atom is -0.355 e. The van der Waals surface area contributed by atoms with Gasteiger partial charge in [-0.05, 0) is 49.6 Å². The fourth-order valence-corrected chi connectivity index (χ4v) is 6.07. The summed E-state index contributed by atoms with van der Waals surface area (Å²) in [5.74, 6) is 0.596. The van der Waals surface area contributed by atoms with Gasteiger partial charge in [-0.3, -0.25) is 14.5 Å². The van der Waals surface area contributed by atoms with Crippen LogP contribution < -0.4 is 10.2 Å². The number of benzene rings is 2. The number of thioether (sulfide) groups is 1. The number of anilines is 1. The van der Waals surface area contributed by atoms with E-state index in [0.717, 1.165) is 40.1 Å². The van der Waals surface area contributed by atoms with E-state index in [9.17, 15) is 9.59 Å². The highest BCUT2D eigenvalue weighted by molar-refractivity contribution is 8.00. The van der Waals surface area contributed by atoms with Crippen molar-refractivity contribution in [3.8, 4) is 5.69 Å². The second-order valence-electron chi connectivity index (χ2n) is 10.6. The van der Waals surface area contributed by atoms with Crippen molar-refractivity contribution in [2.24, 2.45) is 0 Å². The molecule has 0 aliphatic carbocycles. The summed E-state index contributed by atoms with van der Waals surface area (Å²) in [6.45, 7) is 13.0. The van der Waals surface area contributed by atoms with E-state index in [0.29, 0.717) is 17.4 Å². The first-order valence-corrected chi connectivity index (χ1v) is 14.1. The molecular formula is C29H35ClN4O2S. The number of aryl methyl sites for hydroxylation is 2. The van der Waals surface area contributed by atoms with E-state index in [1.165, 1.54) is 0 Å². The maximum absolute atomic E-state index is 13.7. The molecule has 2 aromatic carbocycles.